The van der Waals surface area contributed by atoms with Crippen LogP contribution in [-0.4, -0.2) is 49.3 Å². The van der Waals surface area contributed by atoms with Crippen LogP contribution in [-0.2, 0) is 6.42 Å². The maximum Gasteiger partial charge on any atom is 0.0443 e. The molecule has 1 aromatic rings. The second-order valence-corrected chi connectivity index (χ2v) is 5.68. The minimum atomic E-state index is 0.305. The van der Waals surface area contributed by atoms with Gasteiger partial charge in [0.25, 0.3) is 0 Å². The molecule has 0 atom stereocenters. The van der Waals surface area contributed by atoms with Crippen LogP contribution in [0.3, 0.4) is 0 Å². The zero-order valence-corrected chi connectivity index (χ0v) is 12.7. The summed E-state index contributed by atoms with van der Waals surface area (Å²) in [6.07, 6.45) is 4.64. The van der Waals surface area contributed by atoms with Crippen molar-refractivity contribution in [3.63, 3.8) is 0 Å². The molecule has 1 fully saturated rings. The van der Waals surface area contributed by atoms with Crippen LogP contribution in [0.4, 0.5) is 5.69 Å². The molecule has 3 heteroatoms. The third kappa shape index (κ3) is 4.50. The average Bonchev–Trinajstić information content (AvgIpc) is 2.52. The van der Waals surface area contributed by atoms with Gasteiger partial charge in [-0.1, -0.05) is 25.5 Å². The number of aliphatic hydroxyl groups excluding tert-OH is 1. The third-order valence-corrected chi connectivity index (χ3v) is 4.13. The van der Waals surface area contributed by atoms with Crippen molar-refractivity contribution in [3.8, 4) is 0 Å². The summed E-state index contributed by atoms with van der Waals surface area (Å²) in [5.74, 6) is 0. The van der Waals surface area contributed by atoms with Gasteiger partial charge in [0.2, 0.25) is 0 Å². The molecular weight excluding hydrogens is 248 g/mol. The zero-order chi connectivity index (χ0) is 14.2. The number of anilines is 1. The molecule has 112 valence electrons. The Bertz CT molecular complexity index is 369. The van der Waals surface area contributed by atoms with E-state index in [1.54, 1.807) is 0 Å². The van der Waals surface area contributed by atoms with E-state index < -0.39 is 0 Å². The van der Waals surface area contributed by atoms with Gasteiger partial charge >= 0.3 is 0 Å². The third-order valence-electron chi connectivity index (χ3n) is 4.13. The fourth-order valence-electron chi connectivity index (χ4n) is 2.78. The topological polar surface area (TPSA) is 26.7 Å². The fourth-order valence-corrected chi connectivity index (χ4v) is 2.78. The van der Waals surface area contributed by atoms with Crippen molar-refractivity contribution in [1.29, 1.82) is 0 Å². The standard InChI is InChI=1S/C17H28N2O/c1-2-3-5-16-6-8-17(9-7-16)19-13-11-18(12-14-19)10-4-15-20/h6-9,20H,2-5,10-15H2,1H3. The van der Waals surface area contributed by atoms with Crippen molar-refractivity contribution >= 4 is 5.69 Å². The lowest BCUT2D eigenvalue weighted by atomic mass is 10.1. The Labute approximate surface area is 123 Å². The Morgan fingerprint density at radius 1 is 1.00 bits per heavy atom. The van der Waals surface area contributed by atoms with Crippen molar-refractivity contribution in [2.45, 2.75) is 32.6 Å². The molecule has 1 saturated heterocycles. The smallest absolute Gasteiger partial charge is 0.0443 e. The molecule has 1 N–H and O–H groups in total. The van der Waals surface area contributed by atoms with Gasteiger partial charge in [-0.25, -0.2) is 0 Å². The fraction of sp³-hybridized carbons (Fsp3) is 0.647. The highest BCUT2D eigenvalue weighted by Gasteiger charge is 2.16. The summed E-state index contributed by atoms with van der Waals surface area (Å²) in [6.45, 7) is 7.99. The van der Waals surface area contributed by atoms with Crippen molar-refractivity contribution in [1.82, 2.24) is 4.90 Å². The first-order valence-electron chi connectivity index (χ1n) is 8.00. The van der Waals surface area contributed by atoms with Gasteiger partial charge in [-0.15, -0.1) is 0 Å². The van der Waals surface area contributed by atoms with E-state index in [4.69, 9.17) is 5.11 Å². The summed E-state index contributed by atoms with van der Waals surface area (Å²) in [5.41, 5.74) is 2.81. The van der Waals surface area contributed by atoms with Crippen LogP contribution in [0, 0.1) is 0 Å². The molecule has 1 aliphatic heterocycles. The van der Waals surface area contributed by atoms with Gasteiger partial charge in [-0.2, -0.15) is 0 Å². The van der Waals surface area contributed by atoms with Crippen LogP contribution >= 0.6 is 0 Å². The summed E-state index contributed by atoms with van der Waals surface area (Å²) in [4.78, 5) is 4.92. The zero-order valence-electron chi connectivity index (χ0n) is 12.7. The van der Waals surface area contributed by atoms with E-state index in [0.29, 0.717) is 6.61 Å². The molecule has 1 aliphatic rings. The lowest BCUT2D eigenvalue weighted by Gasteiger charge is -2.36. The largest absolute Gasteiger partial charge is 0.396 e. The highest BCUT2D eigenvalue weighted by molar-refractivity contribution is 5.48. The summed E-state index contributed by atoms with van der Waals surface area (Å²) in [5, 5.41) is 8.88. The molecule has 0 amide bonds. The molecule has 0 bridgehead atoms. The van der Waals surface area contributed by atoms with Crippen molar-refractivity contribution < 1.29 is 5.11 Å². The number of nitrogens with zero attached hydrogens (tertiary/aromatic N) is 2. The predicted octanol–water partition coefficient (Wildman–Crippen LogP) is 2.53. The van der Waals surface area contributed by atoms with Crippen LogP contribution in [0.5, 0.6) is 0 Å². The Morgan fingerprint density at radius 2 is 1.70 bits per heavy atom. The molecule has 20 heavy (non-hydrogen) atoms. The van der Waals surface area contributed by atoms with Gasteiger partial charge in [-0.05, 0) is 37.0 Å². The Kier molecular flexibility index (Phi) is 6.34. The van der Waals surface area contributed by atoms with Gasteiger partial charge < -0.3 is 10.0 Å². The highest BCUT2D eigenvalue weighted by atomic mass is 16.3. The summed E-state index contributed by atoms with van der Waals surface area (Å²) < 4.78 is 0. The molecule has 3 nitrogen and oxygen atoms in total. The molecule has 0 saturated carbocycles. The van der Waals surface area contributed by atoms with E-state index in [1.807, 2.05) is 0 Å². The summed E-state index contributed by atoms with van der Waals surface area (Å²) >= 11 is 0. The average molecular weight is 276 g/mol. The first-order chi connectivity index (χ1) is 9.83. The minimum absolute atomic E-state index is 0.305. The van der Waals surface area contributed by atoms with Crippen LogP contribution in [0.1, 0.15) is 31.7 Å². The van der Waals surface area contributed by atoms with Gasteiger partial charge in [-0.3, -0.25) is 4.90 Å². The van der Waals surface area contributed by atoms with Crippen molar-refractivity contribution in [3.05, 3.63) is 29.8 Å². The number of unbranched alkanes of at least 4 members (excludes halogenated alkanes) is 1. The molecule has 0 radical (unpaired) electrons. The Balaban J connectivity index is 1.81. The van der Waals surface area contributed by atoms with Crippen LogP contribution in [0.15, 0.2) is 24.3 Å². The number of rotatable bonds is 7. The molecule has 2 rings (SSSR count). The number of benzene rings is 1. The predicted molar refractivity (Wildman–Crippen MR) is 85.4 cm³/mol. The van der Waals surface area contributed by atoms with Crippen LogP contribution in [0.25, 0.3) is 0 Å². The monoisotopic (exact) mass is 276 g/mol. The summed E-state index contributed by atoms with van der Waals surface area (Å²) in [6, 6.07) is 9.11. The van der Waals surface area contributed by atoms with Gasteiger partial charge in [0, 0.05) is 45.0 Å². The normalized spacial score (nSPS) is 16.6. The second-order valence-electron chi connectivity index (χ2n) is 5.68. The van der Waals surface area contributed by atoms with Gasteiger partial charge in [0.15, 0.2) is 0 Å². The van der Waals surface area contributed by atoms with E-state index >= 15 is 0 Å². The first-order valence-corrected chi connectivity index (χ1v) is 8.00. The molecule has 0 spiro atoms. The molecule has 1 heterocycles. The lowest BCUT2D eigenvalue weighted by molar-refractivity contribution is 0.216. The maximum absolute atomic E-state index is 8.88. The first kappa shape index (κ1) is 15.3. The number of aryl methyl sites for hydroxylation is 1. The van der Waals surface area contributed by atoms with E-state index in [9.17, 15) is 0 Å². The highest BCUT2D eigenvalue weighted by Crippen LogP contribution is 2.18. The van der Waals surface area contributed by atoms with Gasteiger partial charge in [0.1, 0.15) is 0 Å². The van der Waals surface area contributed by atoms with Gasteiger partial charge in [0.05, 0.1) is 0 Å². The molecule has 0 aliphatic carbocycles. The number of aliphatic hydroxyl groups is 1. The lowest BCUT2D eigenvalue weighted by Crippen LogP contribution is -2.46. The minimum Gasteiger partial charge on any atom is -0.396 e. The molecule has 1 aromatic carbocycles. The maximum atomic E-state index is 8.88. The van der Waals surface area contributed by atoms with E-state index in [1.165, 1.54) is 30.5 Å². The van der Waals surface area contributed by atoms with Crippen molar-refractivity contribution in [2.75, 3.05) is 44.2 Å². The van der Waals surface area contributed by atoms with Crippen LogP contribution in [0.2, 0.25) is 0 Å². The number of hydrogen-bond acceptors (Lipinski definition) is 3. The summed E-state index contributed by atoms with van der Waals surface area (Å²) in [7, 11) is 0. The number of hydrogen-bond donors (Lipinski definition) is 1. The Morgan fingerprint density at radius 3 is 2.30 bits per heavy atom. The van der Waals surface area contributed by atoms with Crippen molar-refractivity contribution in [2.24, 2.45) is 0 Å². The van der Waals surface area contributed by atoms with E-state index in [2.05, 4.69) is 41.0 Å². The SMILES string of the molecule is CCCCc1ccc(N2CCN(CCCO)CC2)cc1. The Hall–Kier alpha value is -1.06. The quantitative estimate of drug-likeness (QED) is 0.829. The molecular formula is C17H28N2O. The number of piperazine rings is 1. The second kappa shape index (κ2) is 8.28. The van der Waals surface area contributed by atoms with Crippen LogP contribution < -0.4 is 4.90 Å². The van der Waals surface area contributed by atoms with E-state index in [0.717, 1.165) is 39.1 Å². The molecule has 0 aromatic heterocycles. The van der Waals surface area contributed by atoms with E-state index in [-0.39, 0.29) is 0 Å². The molecule has 0 unspecified atom stereocenters.